The molecule has 2 heteroatoms. The molecule has 2 aliphatic heterocycles. The van der Waals surface area contributed by atoms with Crippen molar-refractivity contribution in [1.82, 2.24) is 10.2 Å². The van der Waals surface area contributed by atoms with Gasteiger partial charge in [-0.1, -0.05) is 45.0 Å². The minimum Gasteiger partial charge on any atom is -0.309 e. The van der Waals surface area contributed by atoms with Crippen molar-refractivity contribution in [2.24, 2.45) is 0 Å². The monoisotopic (exact) mass is 272 g/mol. The Labute approximate surface area is 123 Å². The van der Waals surface area contributed by atoms with Crippen LogP contribution in [0.2, 0.25) is 0 Å². The normalized spacial score (nSPS) is 28.1. The molecule has 2 saturated heterocycles. The maximum atomic E-state index is 3.79. The van der Waals surface area contributed by atoms with Crippen LogP contribution in [0, 0.1) is 0 Å². The van der Waals surface area contributed by atoms with Gasteiger partial charge in [-0.05, 0) is 55.4 Å². The molecular weight excluding hydrogens is 244 g/mol. The van der Waals surface area contributed by atoms with Gasteiger partial charge in [-0.3, -0.25) is 4.90 Å². The van der Waals surface area contributed by atoms with E-state index in [9.17, 15) is 0 Å². The summed E-state index contributed by atoms with van der Waals surface area (Å²) in [5, 5.41) is 3.79. The van der Waals surface area contributed by atoms with Crippen LogP contribution in [0.15, 0.2) is 24.3 Å². The Hall–Kier alpha value is -0.860. The zero-order valence-corrected chi connectivity index (χ0v) is 13.2. The minimum atomic E-state index is 0.245. The van der Waals surface area contributed by atoms with Crippen molar-refractivity contribution in [2.75, 3.05) is 19.6 Å². The fourth-order valence-corrected chi connectivity index (χ4v) is 3.71. The van der Waals surface area contributed by atoms with Crippen LogP contribution in [0.1, 0.15) is 57.2 Å². The van der Waals surface area contributed by atoms with Crippen LogP contribution < -0.4 is 5.32 Å². The van der Waals surface area contributed by atoms with Crippen molar-refractivity contribution in [1.29, 1.82) is 0 Å². The Morgan fingerprint density at radius 3 is 2.45 bits per heavy atom. The summed E-state index contributed by atoms with van der Waals surface area (Å²) in [7, 11) is 0. The zero-order valence-electron chi connectivity index (χ0n) is 13.2. The first-order chi connectivity index (χ1) is 9.55. The lowest BCUT2D eigenvalue weighted by atomic mass is 9.85. The van der Waals surface area contributed by atoms with Crippen LogP contribution in [0.3, 0.4) is 0 Å². The molecule has 110 valence electrons. The van der Waals surface area contributed by atoms with Crippen LogP contribution >= 0.6 is 0 Å². The Bertz CT molecular complexity index is 443. The van der Waals surface area contributed by atoms with Crippen molar-refractivity contribution >= 4 is 0 Å². The molecule has 2 atom stereocenters. The standard InChI is InChI=1S/C18H28N2/c1-18(2,3)15-9-7-14(8-10-15)17-16-6-4-12-20(16)13-5-11-19-17/h7-10,16-17,19H,4-6,11-13H2,1-3H3/t16-,17?/m0/s1. The van der Waals surface area contributed by atoms with E-state index in [4.69, 9.17) is 0 Å². The van der Waals surface area contributed by atoms with Crippen LogP contribution in [-0.2, 0) is 5.41 Å². The van der Waals surface area contributed by atoms with Crippen molar-refractivity contribution in [3.05, 3.63) is 35.4 Å². The van der Waals surface area contributed by atoms with Crippen molar-refractivity contribution in [3.63, 3.8) is 0 Å². The molecule has 3 rings (SSSR count). The third kappa shape index (κ3) is 2.77. The van der Waals surface area contributed by atoms with E-state index in [1.165, 1.54) is 43.5 Å². The Morgan fingerprint density at radius 1 is 1.05 bits per heavy atom. The lowest BCUT2D eigenvalue weighted by molar-refractivity contribution is 0.233. The fraction of sp³-hybridized carbons (Fsp3) is 0.667. The predicted octanol–water partition coefficient (Wildman–Crippen LogP) is 3.48. The lowest BCUT2D eigenvalue weighted by Crippen LogP contribution is -2.37. The molecule has 2 nitrogen and oxygen atoms in total. The van der Waals surface area contributed by atoms with Gasteiger partial charge in [0.25, 0.3) is 0 Å². The van der Waals surface area contributed by atoms with E-state index in [0.29, 0.717) is 12.1 Å². The molecule has 1 aromatic carbocycles. The molecule has 0 aliphatic carbocycles. The van der Waals surface area contributed by atoms with Gasteiger partial charge in [0.15, 0.2) is 0 Å². The molecule has 1 unspecified atom stereocenters. The molecule has 1 N–H and O–H groups in total. The van der Waals surface area contributed by atoms with Gasteiger partial charge in [0.2, 0.25) is 0 Å². The highest BCUT2D eigenvalue weighted by Gasteiger charge is 2.33. The van der Waals surface area contributed by atoms with E-state index in [0.717, 1.165) is 6.54 Å². The van der Waals surface area contributed by atoms with Crippen LogP contribution in [0.4, 0.5) is 0 Å². The number of nitrogens with zero attached hydrogens (tertiary/aromatic N) is 1. The highest BCUT2D eigenvalue weighted by Crippen LogP contribution is 2.32. The van der Waals surface area contributed by atoms with Gasteiger partial charge < -0.3 is 5.32 Å². The van der Waals surface area contributed by atoms with E-state index in [-0.39, 0.29) is 5.41 Å². The average Bonchev–Trinajstić information content (AvgIpc) is 2.78. The van der Waals surface area contributed by atoms with E-state index < -0.39 is 0 Å². The lowest BCUT2D eigenvalue weighted by Gasteiger charge is -2.30. The van der Waals surface area contributed by atoms with Crippen molar-refractivity contribution in [3.8, 4) is 0 Å². The van der Waals surface area contributed by atoms with E-state index in [1.807, 2.05) is 0 Å². The molecule has 2 aliphatic rings. The molecule has 0 amide bonds. The first-order valence-electron chi connectivity index (χ1n) is 8.13. The molecule has 2 heterocycles. The number of fused-ring (bicyclic) bond motifs is 1. The second-order valence-corrected chi connectivity index (χ2v) is 7.40. The number of benzene rings is 1. The smallest absolute Gasteiger partial charge is 0.0478 e. The summed E-state index contributed by atoms with van der Waals surface area (Å²) >= 11 is 0. The van der Waals surface area contributed by atoms with Gasteiger partial charge in [-0.25, -0.2) is 0 Å². The van der Waals surface area contributed by atoms with Crippen molar-refractivity contribution < 1.29 is 0 Å². The number of rotatable bonds is 1. The number of hydrogen-bond donors (Lipinski definition) is 1. The molecule has 0 bridgehead atoms. The third-order valence-corrected chi connectivity index (χ3v) is 4.92. The van der Waals surface area contributed by atoms with Crippen LogP contribution in [0.25, 0.3) is 0 Å². The van der Waals surface area contributed by atoms with Crippen LogP contribution in [0.5, 0.6) is 0 Å². The average molecular weight is 272 g/mol. The first-order valence-corrected chi connectivity index (χ1v) is 8.13. The van der Waals surface area contributed by atoms with Gasteiger partial charge in [-0.15, -0.1) is 0 Å². The van der Waals surface area contributed by atoms with E-state index in [1.54, 1.807) is 0 Å². The summed E-state index contributed by atoms with van der Waals surface area (Å²) in [5.74, 6) is 0. The zero-order chi connectivity index (χ0) is 14.2. The van der Waals surface area contributed by atoms with Gasteiger partial charge in [0.1, 0.15) is 0 Å². The molecule has 2 fully saturated rings. The quantitative estimate of drug-likeness (QED) is 0.842. The molecule has 1 aromatic rings. The minimum absolute atomic E-state index is 0.245. The molecule has 0 aromatic heterocycles. The summed E-state index contributed by atoms with van der Waals surface area (Å²) in [5.41, 5.74) is 3.14. The highest BCUT2D eigenvalue weighted by atomic mass is 15.2. The largest absolute Gasteiger partial charge is 0.309 e. The highest BCUT2D eigenvalue weighted by molar-refractivity contribution is 5.30. The topological polar surface area (TPSA) is 15.3 Å². The maximum Gasteiger partial charge on any atom is 0.0478 e. The second kappa shape index (κ2) is 5.50. The summed E-state index contributed by atoms with van der Waals surface area (Å²) in [6.07, 6.45) is 3.99. The van der Waals surface area contributed by atoms with Crippen molar-refractivity contribution in [2.45, 2.75) is 57.5 Å². The van der Waals surface area contributed by atoms with Gasteiger partial charge in [0.05, 0.1) is 0 Å². The summed E-state index contributed by atoms with van der Waals surface area (Å²) in [6.45, 7) is 10.6. The van der Waals surface area contributed by atoms with E-state index >= 15 is 0 Å². The van der Waals surface area contributed by atoms with Gasteiger partial charge in [0, 0.05) is 12.1 Å². The third-order valence-electron chi connectivity index (χ3n) is 4.92. The van der Waals surface area contributed by atoms with Gasteiger partial charge >= 0.3 is 0 Å². The summed E-state index contributed by atoms with van der Waals surface area (Å²) in [4.78, 5) is 2.70. The molecule has 20 heavy (non-hydrogen) atoms. The predicted molar refractivity (Wildman–Crippen MR) is 85.1 cm³/mol. The molecule has 0 saturated carbocycles. The maximum absolute atomic E-state index is 3.79. The first kappa shape index (κ1) is 14.1. The SMILES string of the molecule is CC(C)(C)c1ccc(C2NCCCN3CCC[C@@H]23)cc1. The van der Waals surface area contributed by atoms with Crippen LogP contribution in [-0.4, -0.2) is 30.6 Å². The molecular formula is C18H28N2. The van der Waals surface area contributed by atoms with E-state index in [2.05, 4.69) is 55.3 Å². The summed E-state index contributed by atoms with van der Waals surface area (Å²) in [6, 6.07) is 10.6. The Morgan fingerprint density at radius 2 is 1.75 bits per heavy atom. The molecule has 0 spiro atoms. The summed E-state index contributed by atoms with van der Waals surface area (Å²) < 4.78 is 0. The van der Waals surface area contributed by atoms with Gasteiger partial charge in [-0.2, -0.15) is 0 Å². The Balaban J connectivity index is 1.83. The fourth-order valence-electron chi connectivity index (χ4n) is 3.71. The second-order valence-electron chi connectivity index (χ2n) is 7.40. The molecule has 0 radical (unpaired) electrons. The number of hydrogen-bond acceptors (Lipinski definition) is 2. The number of nitrogens with one attached hydrogen (secondary N) is 1. The Kier molecular flexibility index (Phi) is 3.87.